The molecule has 66 valence electrons. The molecule has 0 aliphatic carbocycles. The lowest BCUT2D eigenvalue weighted by Gasteiger charge is -1.94. The van der Waals surface area contributed by atoms with Crippen LogP contribution in [0.1, 0.15) is 6.92 Å². The van der Waals surface area contributed by atoms with Crippen molar-refractivity contribution in [3.05, 3.63) is 55.1 Å². The topological polar surface area (TPSA) is 12.4 Å². The number of rotatable bonds is 3. The second kappa shape index (κ2) is 5.09. The van der Waals surface area contributed by atoms with Crippen LogP contribution in [-0.4, -0.2) is 5.71 Å². The first-order valence-electron chi connectivity index (χ1n) is 4.25. The lowest BCUT2D eigenvalue weighted by Crippen LogP contribution is -1.84. The second-order valence-corrected chi connectivity index (χ2v) is 2.58. The van der Waals surface area contributed by atoms with E-state index in [2.05, 4.69) is 11.6 Å². The largest absolute Gasteiger partial charge is 0.249 e. The van der Waals surface area contributed by atoms with E-state index in [1.54, 1.807) is 6.08 Å². The van der Waals surface area contributed by atoms with Gasteiger partial charge in [0.15, 0.2) is 0 Å². The van der Waals surface area contributed by atoms with E-state index < -0.39 is 0 Å². The van der Waals surface area contributed by atoms with Crippen molar-refractivity contribution in [1.29, 1.82) is 0 Å². The molecule has 0 heterocycles. The van der Waals surface area contributed by atoms with Crippen LogP contribution in [0.5, 0.6) is 0 Å². The molecule has 1 aromatic carbocycles. The fourth-order valence-corrected chi connectivity index (χ4v) is 0.973. The number of allylic oxidation sites excluding steroid dienone is 3. The fraction of sp³-hybridized carbons (Fsp3) is 0.0833. The van der Waals surface area contributed by atoms with Gasteiger partial charge in [0.25, 0.3) is 0 Å². The second-order valence-electron chi connectivity index (χ2n) is 2.58. The van der Waals surface area contributed by atoms with Crippen molar-refractivity contribution in [3.8, 4) is 0 Å². The van der Waals surface area contributed by atoms with E-state index in [0.717, 1.165) is 11.4 Å². The van der Waals surface area contributed by atoms with Crippen LogP contribution in [0, 0.1) is 0 Å². The molecule has 0 fully saturated rings. The molecule has 1 aromatic rings. The summed E-state index contributed by atoms with van der Waals surface area (Å²) < 4.78 is 0. The standard InChI is InChI=1S/C12H13N/c1-3-8-11(4-2)13-12-9-6-5-7-10-12/h3-10H,2H2,1H3/b8-3-,13-11?. The Kier molecular flexibility index (Phi) is 3.71. The van der Waals surface area contributed by atoms with Crippen LogP contribution < -0.4 is 0 Å². The van der Waals surface area contributed by atoms with Gasteiger partial charge in [-0.3, -0.25) is 0 Å². The van der Waals surface area contributed by atoms with Crippen LogP contribution in [0.2, 0.25) is 0 Å². The molecule has 0 amide bonds. The molecule has 1 nitrogen and oxygen atoms in total. The predicted molar refractivity (Wildman–Crippen MR) is 58.5 cm³/mol. The third-order valence-electron chi connectivity index (χ3n) is 1.56. The molecule has 0 aliphatic heterocycles. The van der Waals surface area contributed by atoms with Crippen molar-refractivity contribution in [1.82, 2.24) is 0 Å². The molecule has 0 radical (unpaired) electrons. The number of benzene rings is 1. The van der Waals surface area contributed by atoms with Gasteiger partial charge in [0, 0.05) is 0 Å². The average molecular weight is 171 g/mol. The zero-order chi connectivity index (χ0) is 9.52. The lowest BCUT2D eigenvalue weighted by molar-refractivity contribution is 1.52. The summed E-state index contributed by atoms with van der Waals surface area (Å²) in [6.45, 7) is 5.66. The van der Waals surface area contributed by atoms with Crippen LogP contribution in [0.3, 0.4) is 0 Å². The average Bonchev–Trinajstić information content (AvgIpc) is 2.19. The molecule has 13 heavy (non-hydrogen) atoms. The summed E-state index contributed by atoms with van der Waals surface area (Å²) in [5.41, 5.74) is 1.84. The van der Waals surface area contributed by atoms with Crippen molar-refractivity contribution in [2.45, 2.75) is 6.92 Å². The Morgan fingerprint density at radius 2 is 2.00 bits per heavy atom. The molecule has 0 atom stereocenters. The third kappa shape index (κ3) is 3.08. The number of hydrogen-bond acceptors (Lipinski definition) is 1. The Balaban J connectivity index is 2.91. The predicted octanol–water partition coefficient (Wildman–Crippen LogP) is 3.52. The first-order chi connectivity index (χ1) is 6.36. The van der Waals surface area contributed by atoms with Crippen LogP contribution in [-0.2, 0) is 0 Å². The van der Waals surface area contributed by atoms with Gasteiger partial charge in [-0.05, 0) is 31.2 Å². The molecule has 0 bridgehead atoms. The highest BCUT2D eigenvalue weighted by Crippen LogP contribution is 2.10. The minimum absolute atomic E-state index is 0.883. The van der Waals surface area contributed by atoms with Gasteiger partial charge in [-0.1, -0.05) is 30.9 Å². The maximum Gasteiger partial charge on any atom is 0.0636 e. The molecule has 0 saturated carbocycles. The molecule has 1 rings (SSSR count). The minimum atomic E-state index is 0.883. The highest BCUT2D eigenvalue weighted by atomic mass is 14.7. The van der Waals surface area contributed by atoms with Gasteiger partial charge in [-0.2, -0.15) is 0 Å². The van der Waals surface area contributed by atoms with E-state index in [1.807, 2.05) is 49.4 Å². The molecule has 0 N–H and O–H groups in total. The number of nitrogens with zero attached hydrogens (tertiary/aromatic N) is 1. The van der Waals surface area contributed by atoms with Gasteiger partial charge < -0.3 is 0 Å². The number of aliphatic imine (C=N–C) groups is 1. The van der Waals surface area contributed by atoms with Crippen LogP contribution in [0.25, 0.3) is 0 Å². The quantitative estimate of drug-likeness (QED) is 0.617. The van der Waals surface area contributed by atoms with E-state index in [4.69, 9.17) is 0 Å². The zero-order valence-electron chi connectivity index (χ0n) is 7.77. The molecule has 0 aromatic heterocycles. The van der Waals surface area contributed by atoms with E-state index in [-0.39, 0.29) is 0 Å². The minimum Gasteiger partial charge on any atom is -0.249 e. The Morgan fingerprint density at radius 1 is 1.31 bits per heavy atom. The van der Waals surface area contributed by atoms with Gasteiger partial charge in [-0.15, -0.1) is 0 Å². The summed E-state index contributed by atoms with van der Waals surface area (Å²) in [5, 5.41) is 0. The molecule has 0 saturated heterocycles. The van der Waals surface area contributed by atoms with Crippen LogP contribution in [0.4, 0.5) is 5.69 Å². The van der Waals surface area contributed by atoms with Gasteiger partial charge in [-0.25, -0.2) is 4.99 Å². The summed E-state index contributed by atoms with van der Waals surface area (Å²) in [6.07, 6.45) is 5.62. The summed E-state index contributed by atoms with van der Waals surface area (Å²) in [5.74, 6) is 0. The first kappa shape index (κ1) is 9.46. The van der Waals surface area contributed by atoms with E-state index in [0.29, 0.717) is 0 Å². The molecular formula is C12H13N. The third-order valence-corrected chi connectivity index (χ3v) is 1.56. The van der Waals surface area contributed by atoms with Crippen molar-refractivity contribution >= 4 is 11.4 Å². The summed E-state index contributed by atoms with van der Waals surface area (Å²) in [6, 6.07) is 9.84. The molecule has 0 unspecified atom stereocenters. The summed E-state index contributed by atoms with van der Waals surface area (Å²) in [4.78, 5) is 4.38. The Bertz CT molecular complexity index is 320. The summed E-state index contributed by atoms with van der Waals surface area (Å²) >= 11 is 0. The van der Waals surface area contributed by atoms with Gasteiger partial charge in [0.1, 0.15) is 0 Å². The van der Waals surface area contributed by atoms with E-state index in [9.17, 15) is 0 Å². The molecule has 0 spiro atoms. The van der Waals surface area contributed by atoms with Crippen molar-refractivity contribution in [2.75, 3.05) is 0 Å². The Labute approximate surface area is 79.1 Å². The maximum absolute atomic E-state index is 4.38. The number of hydrogen-bond donors (Lipinski definition) is 0. The normalized spacial score (nSPS) is 11.9. The SMILES string of the molecule is C=CC(/C=C\C)=Nc1ccccc1. The monoisotopic (exact) mass is 171 g/mol. The van der Waals surface area contributed by atoms with Crippen molar-refractivity contribution < 1.29 is 0 Å². The zero-order valence-corrected chi connectivity index (χ0v) is 7.77. The highest BCUT2D eigenvalue weighted by Gasteiger charge is 1.87. The summed E-state index contributed by atoms with van der Waals surface area (Å²) in [7, 11) is 0. The van der Waals surface area contributed by atoms with Gasteiger partial charge in [0.2, 0.25) is 0 Å². The van der Waals surface area contributed by atoms with Gasteiger partial charge in [0.05, 0.1) is 11.4 Å². The van der Waals surface area contributed by atoms with Crippen LogP contribution >= 0.6 is 0 Å². The highest BCUT2D eigenvalue weighted by molar-refractivity contribution is 6.04. The smallest absolute Gasteiger partial charge is 0.0636 e. The molecule has 0 aliphatic rings. The molecular weight excluding hydrogens is 158 g/mol. The van der Waals surface area contributed by atoms with E-state index in [1.165, 1.54) is 0 Å². The maximum atomic E-state index is 4.38. The molecule has 1 heteroatoms. The fourth-order valence-electron chi connectivity index (χ4n) is 0.973. The van der Waals surface area contributed by atoms with Crippen LogP contribution in [0.15, 0.2) is 60.1 Å². The number of para-hydroxylation sites is 1. The van der Waals surface area contributed by atoms with Gasteiger partial charge >= 0.3 is 0 Å². The Hall–Kier alpha value is -1.63. The Morgan fingerprint density at radius 3 is 2.54 bits per heavy atom. The lowest BCUT2D eigenvalue weighted by atomic mass is 10.3. The van der Waals surface area contributed by atoms with Crippen molar-refractivity contribution in [3.63, 3.8) is 0 Å². The van der Waals surface area contributed by atoms with Crippen molar-refractivity contribution in [2.24, 2.45) is 4.99 Å². The first-order valence-corrected chi connectivity index (χ1v) is 4.25. The van der Waals surface area contributed by atoms with E-state index >= 15 is 0 Å².